The minimum Gasteiger partial charge on any atom is -0.508 e. The van der Waals surface area contributed by atoms with Crippen molar-refractivity contribution in [3.05, 3.63) is 268 Å². The van der Waals surface area contributed by atoms with Crippen molar-refractivity contribution in [3.8, 4) is 46.0 Å². The van der Waals surface area contributed by atoms with Crippen molar-refractivity contribution in [2.75, 3.05) is 0 Å². The molecule has 0 atom stereocenters. The van der Waals surface area contributed by atoms with Crippen LogP contribution >= 0.6 is 0 Å². The van der Waals surface area contributed by atoms with Gasteiger partial charge in [0, 0.05) is 43.9 Å². The van der Waals surface area contributed by atoms with Crippen molar-refractivity contribution in [2.24, 2.45) is 0 Å². The summed E-state index contributed by atoms with van der Waals surface area (Å²) in [5.41, 5.74) is 16.7. The molecule has 0 heterocycles. The van der Waals surface area contributed by atoms with Gasteiger partial charge in [0.15, 0.2) is 0 Å². The van der Waals surface area contributed by atoms with Gasteiger partial charge in [0.1, 0.15) is 46.0 Å². The zero-order chi connectivity index (χ0) is 55.0. The second kappa shape index (κ2) is 21.5. The summed E-state index contributed by atoms with van der Waals surface area (Å²) in [5, 5.41) is 90.6. The van der Waals surface area contributed by atoms with Crippen LogP contribution in [0.5, 0.6) is 46.0 Å². The van der Waals surface area contributed by atoms with Crippen LogP contribution in [0.15, 0.2) is 146 Å². The molecule has 392 valence electrons. The minimum atomic E-state index is -1.11. The third kappa shape index (κ3) is 11.3. The molecule has 8 nitrogen and oxygen atoms in total. The lowest BCUT2D eigenvalue weighted by atomic mass is 9.68. The first-order chi connectivity index (χ1) is 36.6. The Bertz CT molecular complexity index is 3130. The van der Waals surface area contributed by atoms with Gasteiger partial charge in [-0.15, -0.1) is 0 Å². The molecule has 0 aliphatic carbocycles. The van der Waals surface area contributed by atoms with Crippen molar-refractivity contribution in [1.82, 2.24) is 0 Å². The molecule has 0 amide bonds. The summed E-state index contributed by atoms with van der Waals surface area (Å²) >= 11 is 0. The second-order valence-corrected chi connectivity index (χ2v) is 21.6. The molecule has 0 saturated carbocycles. The van der Waals surface area contributed by atoms with Gasteiger partial charge in [-0.2, -0.15) is 0 Å². The van der Waals surface area contributed by atoms with Crippen molar-refractivity contribution in [1.29, 1.82) is 0 Å². The van der Waals surface area contributed by atoms with Gasteiger partial charge in [-0.05, 0) is 208 Å². The van der Waals surface area contributed by atoms with Crippen molar-refractivity contribution in [3.63, 3.8) is 0 Å². The normalized spacial score (nSPS) is 11.6. The Hall–Kier alpha value is -8.62. The van der Waals surface area contributed by atoms with Gasteiger partial charge < -0.3 is 40.9 Å². The second-order valence-electron chi connectivity index (χ2n) is 21.6. The van der Waals surface area contributed by atoms with Gasteiger partial charge >= 0.3 is 0 Å². The quantitative estimate of drug-likeness (QED) is 0.0471. The maximum absolute atomic E-state index is 12.6. The number of rotatable bonds is 15. The molecular weight excluding hydrogens is 957 g/mol. The third-order valence-electron chi connectivity index (χ3n) is 15.8. The fourth-order valence-corrected chi connectivity index (χ4v) is 10.8. The first-order valence-electron chi connectivity index (χ1n) is 26.2. The van der Waals surface area contributed by atoms with Crippen LogP contribution in [-0.2, 0) is 43.9 Å². The highest BCUT2D eigenvalue weighted by Crippen LogP contribution is 2.47. The first kappa shape index (κ1) is 53.2. The van der Waals surface area contributed by atoms with E-state index in [4.69, 9.17) is 0 Å². The van der Waals surface area contributed by atoms with E-state index in [2.05, 4.69) is 75.4 Å². The molecule has 0 saturated heterocycles. The molecule has 0 aliphatic heterocycles. The smallest absolute Gasteiger partial charge is 0.122 e. The molecule has 0 radical (unpaired) electrons. The Morgan fingerprint density at radius 1 is 0.247 bits per heavy atom. The summed E-state index contributed by atoms with van der Waals surface area (Å²) in [5.74, 6) is 1.28. The van der Waals surface area contributed by atoms with E-state index in [9.17, 15) is 40.9 Å². The summed E-state index contributed by atoms with van der Waals surface area (Å²) < 4.78 is 0. The fraction of sp³-hybridized carbons (Fsp3) is 0.217. The van der Waals surface area contributed by atoms with Crippen LogP contribution in [-0.4, -0.2) is 40.9 Å². The summed E-state index contributed by atoms with van der Waals surface area (Å²) in [7, 11) is 0. The van der Waals surface area contributed by atoms with Gasteiger partial charge in [0.2, 0.25) is 0 Å². The van der Waals surface area contributed by atoms with E-state index in [-0.39, 0.29) is 46.0 Å². The Morgan fingerprint density at radius 2 is 0.442 bits per heavy atom. The highest BCUT2D eigenvalue weighted by atomic mass is 16.3. The molecule has 8 heteroatoms. The Kier molecular flexibility index (Phi) is 14.9. The molecule has 9 rings (SSSR count). The zero-order valence-corrected chi connectivity index (χ0v) is 45.2. The molecule has 0 bridgehead atoms. The molecule has 9 aromatic rings. The van der Waals surface area contributed by atoms with E-state index in [1.165, 1.54) is 0 Å². The highest BCUT2D eigenvalue weighted by Gasteiger charge is 2.36. The number of aromatic hydroxyl groups is 8. The van der Waals surface area contributed by atoms with Crippen molar-refractivity contribution in [2.45, 2.75) is 99.3 Å². The molecule has 0 fully saturated rings. The lowest BCUT2D eigenvalue weighted by Gasteiger charge is -2.35. The largest absolute Gasteiger partial charge is 0.508 e. The zero-order valence-electron chi connectivity index (χ0n) is 45.2. The average Bonchev–Trinajstić information content (AvgIpc) is 3.40. The maximum atomic E-state index is 12.6. The monoisotopic (exact) mass is 1020 g/mol. The van der Waals surface area contributed by atoms with E-state index < -0.39 is 5.41 Å². The predicted molar refractivity (Wildman–Crippen MR) is 307 cm³/mol. The Morgan fingerprint density at radius 3 is 0.636 bits per heavy atom. The molecule has 9 aromatic carbocycles. The van der Waals surface area contributed by atoms with Crippen molar-refractivity contribution < 1.29 is 40.9 Å². The summed E-state index contributed by atoms with van der Waals surface area (Å²) in [6.45, 7) is 15.6. The number of hydrogen-bond acceptors (Lipinski definition) is 8. The summed E-state index contributed by atoms with van der Waals surface area (Å²) in [6, 6.07) is 46.1. The number of hydrogen-bond donors (Lipinski definition) is 8. The van der Waals surface area contributed by atoms with Gasteiger partial charge in [-0.1, -0.05) is 115 Å². The third-order valence-corrected chi connectivity index (χ3v) is 15.8. The van der Waals surface area contributed by atoms with Crippen LogP contribution in [0.3, 0.4) is 0 Å². The molecule has 0 spiro atoms. The van der Waals surface area contributed by atoms with E-state index in [0.717, 1.165) is 61.2 Å². The molecule has 0 unspecified atom stereocenters. The standard InChI is InChI=1S/C69H68O8/c1-39-9-10-46(21-40(39)2)27-52-33-58(34-53(66(52)75)28-47-11-16-61(70)41(3)22-47)69(8,59-35-54(29-48-12-17-62(71)42(4)23-48)67(76)55(36-59)30-49-13-18-63(72)43(5)24-49)60-37-56(31-50-14-19-64(73)44(6)25-50)68(77)57(38-60)32-51-15-20-65(74)45(7)26-51/h9-26,33-38,70-77H,27-32H2,1-8H3. The van der Waals surface area contributed by atoms with Crippen LogP contribution in [0.4, 0.5) is 0 Å². The van der Waals surface area contributed by atoms with Crippen molar-refractivity contribution >= 4 is 0 Å². The van der Waals surface area contributed by atoms with Gasteiger partial charge in [0.05, 0.1) is 0 Å². The maximum Gasteiger partial charge on any atom is 0.122 e. The number of phenols is 8. The lowest BCUT2D eigenvalue weighted by molar-refractivity contribution is 0.461. The van der Waals surface area contributed by atoms with Crippen LogP contribution < -0.4 is 0 Å². The van der Waals surface area contributed by atoms with Crippen LogP contribution in [0, 0.1) is 48.5 Å². The molecule has 0 aromatic heterocycles. The summed E-state index contributed by atoms with van der Waals surface area (Å²) in [6.07, 6.45) is 2.05. The number of benzene rings is 9. The minimum absolute atomic E-state index is 0.120. The first-order valence-corrected chi connectivity index (χ1v) is 26.2. The Balaban J connectivity index is 1.37. The highest BCUT2D eigenvalue weighted by molar-refractivity contribution is 5.63. The topological polar surface area (TPSA) is 162 Å². The van der Waals surface area contributed by atoms with Gasteiger partial charge in [-0.3, -0.25) is 0 Å². The van der Waals surface area contributed by atoms with Gasteiger partial charge in [-0.25, -0.2) is 0 Å². The molecule has 77 heavy (non-hydrogen) atoms. The van der Waals surface area contributed by atoms with E-state index >= 15 is 0 Å². The SMILES string of the molecule is Cc1ccc(Cc2cc(C(C)(c3cc(Cc4ccc(O)c(C)c4)c(O)c(Cc4ccc(O)c(C)c4)c3)c3cc(Cc4ccc(O)c(C)c4)c(O)c(Cc4ccc(O)c(C)c4)c3)cc(Cc3ccc(O)c(C)c3)c2O)cc1C. The number of phenolic OH excluding ortho intramolecular Hbond substituents is 8. The fourth-order valence-electron chi connectivity index (χ4n) is 10.8. The van der Waals surface area contributed by atoms with Crippen LogP contribution in [0.1, 0.15) is 129 Å². The van der Waals surface area contributed by atoms with E-state index in [1.54, 1.807) is 30.3 Å². The predicted octanol–water partition coefficient (Wildman–Crippen LogP) is 14.4. The molecular formula is C69H68O8. The van der Waals surface area contributed by atoms with E-state index in [1.807, 2.05) is 95.3 Å². The average molecular weight is 1030 g/mol. The number of aryl methyl sites for hydroxylation is 7. The van der Waals surface area contributed by atoms with Crippen LogP contribution in [0.2, 0.25) is 0 Å². The van der Waals surface area contributed by atoms with E-state index in [0.29, 0.717) is 99.7 Å². The Labute approximate surface area is 452 Å². The van der Waals surface area contributed by atoms with Crippen LogP contribution in [0.25, 0.3) is 0 Å². The lowest BCUT2D eigenvalue weighted by Crippen LogP contribution is -2.27. The van der Waals surface area contributed by atoms with Gasteiger partial charge in [0.25, 0.3) is 0 Å². The summed E-state index contributed by atoms with van der Waals surface area (Å²) in [4.78, 5) is 0. The molecule has 0 aliphatic rings. The molecule has 8 N–H and O–H groups in total.